The fourth-order valence-electron chi connectivity index (χ4n) is 1.87. The largest absolute Gasteiger partial charge is 0.493 e. The molecule has 0 aliphatic heterocycles. The molecule has 0 spiro atoms. The summed E-state index contributed by atoms with van der Waals surface area (Å²) in [6.07, 6.45) is 2.75. The number of ether oxygens (including phenoxy) is 2. The summed E-state index contributed by atoms with van der Waals surface area (Å²) in [5.41, 5.74) is 8.56. The van der Waals surface area contributed by atoms with Gasteiger partial charge in [0.25, 0.3) is 0 Å². The molecule has 112 valence electrons. The summed E-state index contributed by atoms with van der Waals surface area (Å²) in [4.78, 5) is 4.17. The maximum absolute atomic E-state index is 5.89. The van der Waals surface area contributed by atoms with Crippen LogP contribution in [0.25, 0.3) is 0 Å². The summed E-state index contributed by atoms with van der Waals surface area (Å²) in [6.45, 7) is 3.42. The van der Waals surface area contributed by atoms with Crippen molar-refractivity contribution in [2.75, 3.05) is 24.8 Å². The van der Waals surface area contributed by atoms with E-state index < -0.39 is 0 Å². The zero-order valence-electron chi connectivity index (χ0n) is 12.4. The van der Waals surface area contributed by atoms with Crippen LogP contribution in [0.3, 0.4) is 0 Å². The van der Waals surface area contributed by atoms with Gasteiger partial charge in [-0.2, -0.15) is 0 Å². The van der Waals surface area contributed by atoms with Gasteiger partial charge in [-0.15, -0.1) is 0 Å². The van der Waals surface area contributed by atoms with Crippen molar-refractivity contribution in [1.82, 2.24) is 4.98 Å². The van der Waals surface area contributed by atoms with E-state index in [0.717, 1.165) is 23.4 Å². The Kier molecular flexibility index (Phi) is 5.26. The molecule has 0 saturated heterocycles. The van der Waals surface area contributed by atoms with Crippen molar-refractivity contribution in [3.63, 3.8) is 0 Å². The van der Waals surface area contributed by atoms with Crippen molar-refractivity contribution in [2.45, 2.75) is 19.9 Å². The average molecular weight is 287 g/mol. The third-order valence-corrected chi connectivity index (χ3v) is 2.91. The number of nitrogen functional groups attached to an aromatic ring is 1. The van der Waals surface area contributed by atoms with Crippen LogP contribution in [0.1, 0.15) is 18.9 Å². The SMILES string of the molecule is CCCOc1cc(N)cc(NCc2ccc(OC)nc2)c1. The van der Waals surface area contributed by atoms with Crippen LogP contribution in [0.15, 0.2) is 36.5 Å². The van der Waals surface area contributed by atoms with Gasteiger partial charge in [-0.1, -0.05) is 13.0 Å². The lowest BCUT2D eigenvalue weighted by Gasteiger charge is -2.11. The van der Waals surface area contributed by atoms with Crippen LogP contribution in [-0.4, -0.2) is 18.7 Å². The summed E-state index contributed by atoms with van der Waals surface area (Å²) < 4.78 is 10.6. The number of rotatable bonds is 7. The Labute approximate surface area is 125 Å². The highest BCUT2D eigenvalue weighted by Crippen LogP contribution is 2.23. The molecule has 1 aromatic heterocycles. The monoisotopic (exact) mass is 287 g/mol. The Hall–Kier alpha value is -2.43. The van der Waals surface area contributed by atoms with Gasteiger partial charge in [0.15, 0.2) is 0 Å². The highest BCUT2D eigenvalue weighted by molar-refractivity contribution is 5.59. The smallest absolute Gasteiger partial charge is 0.212 e. The van der Waals surface area contributed by atoms with Gasteiger partial charge in [0, 0.05) is 42.3 Å². The number of nitrogens with one attached hydrogen (secondary N) is 1. The molecule has 0 amide bonds. The predicted octanol–water partition coefficient (Wildman–Crippen LogP) is 3.07. The molecule has 1 heterocycles. The fraction of sp³-hybridized carbons (Fsp3) is 0.312. The van der Waals surface area contributed by atoms with Crippen LogP contribution >= 0.6 is 0 Å². The molecule has 0 aliphatic rings. The Balaban J connectivity index is 1.99. The molecule has 21 heavy (non-hydrogen) atoms. The molecule has 0 fully saturated rings. The summed E-state index contributed by atoms with van der Waals surface area (Å²) in [6, 6.07) is 9.47. The minimum Gasteiger partial charge on any atom is -0.493 e. The summed E-state index contributed by atoms with van der Waals surface area (Å²) in [7, 11) is 1.60. The first-order valence-corrected chi connectivity index (χ1v) is 6.97. The lowest BCUT2D eigenvalue weighted by Crippen LogP contribution is -2.02. The number of pyridine rings is 1. The summed E-state index contributed by atoms with van der Waals surface area (Å²) in [5.74, 6) is 1.39. The zero-order chi connectivity index (χ0) is 15.1. The van der Waals surface area contributed by atoms with Crippen LogP contribution in [-0.2, 0) is 6.54 Å². The number of anilines is 2. The predicted molar refractivity (Wildman–Crippen MR) is 84.8 cm³/mol. The normalized spacial score (nSPS) is 10.2. The van der Waals surface area contributed by atoms with Gasteiger partial charge in [-0.25, -0.2) is 4.98 Å². The Morgan fingerprint density at radius 3 is 2.76 bits per heavy atom. The molecule has 1 aromatic carbocycles. The number of aromatic nitrogens is 1. The quantitative estimate of drug-likeness (QED) is 0.766. The van der Waals surface area contributed by atoms with E-state index in [2.05, 4.69) is 17.2 Å². The van der Waals surface area contributed by atoms with E-state index in [4.69, 9.17) is 15.2 Å². The van der Waals surface area contributed by atoms with Crippen LogP contribution < -0.4 is 20.5 Å². The number of hydrogen-bond acceptors (Lipinski definition) is 5. The second-order valence-corrected chi connectivity index (χ2v) is 4.70. The van der Waals surface area contributed by atoms with Gasteiger partial charge < -0.3 is 20.5 Å². The van der Waals surface area contributed by atoms with Crippen LogP contribution in [0.5, 0.6) is 11.6 Å². The molecule has 5 nitrogen and oxygen atoms in total. The maximum Gasteiger partial charge on any atom is 0.212 e. The van der Waals surface area contributed by atoms with E-state index in [1.807, 2.05) is 30.3 Å². The molecule has 2 aromatic rings. The standard InChI is InChI=1S/C16H21N3O2/c1-3-6-21-15-8-13(17)7-14(9-15)18-10-12-4-5-16(20-2)19-11-12/h4-5,7-9,11,18H,3,6,10,17H2,1-2H3. The molecule has 0 aliphatic carbocycles. The number of benzene rings is 1. The first-order valence-electron chi connectivity index (χ1n) is 6.97. The molecule has 0 radical (unpaired) electrons. The first-order chi connectivity index (χ1) is 10.2. The molecule has 0 unspecified atom stereocenters. The lowest BCUT2D eigenvalue weighted by molar-refractivity contribution is 0.318. The van der Waals surface area contributed by atoms with Gasteiger partial charge >= 0.3 is 0 Å². The topological polar surface area (TPSA) is 69.4 Å². The Morgan fingerprint density at radius 1 is 1.24 bits per heavy atom. The van der Waals surface area contributed by atoms with Crippen molar-refractivity contribution in [3.05, 3.63) is 42.1 Å². The van der Waals surface area contributed by atoms with Crippen molar-refractivity contribution < 1.29 is 9.47 Å². The van der Waals surface area contributed by atoms with Crippen molar-refractivity contribution >= 4 is 11.4 Å². The number of methoxy groups -OCH3 is 1. The van der Waals surface area contributed by atoms with Gasteiger partial charge in [0.05, 0.1) is 13.7 Å². The zero-order valence-corrected chi connectivity index (χ0v) is 12.4. The van der Waals surface area contributed by atoms with Crippen molar-refractivity contribution in [2.24, 2.45) is 0 Å². The van der Waals surface area contributed by atoms with Crippen molar-refractivity contribution in [1.29, 1.82) is 0 Å². The Bertz CT molecular complexity index is 570. The Morgan fingerprint density at radius 2 is 2.10 bits per heavy atom. The molecule has 0 bridgehead atoms. The second kappa shape index (κ2) is 7.38. The minimum absolute atomic E-state index is 0.609. The third kappa shape index (κ3) is 4.56. The van der Waals surface area contributed by atoms with E-state index in [1.54, 1.807) is 13.3 Å². The average Bonchev–Trinajstić information content (AvgIpc) is 2.51. The van der Waals surface area contributed by atoms with Crippen LogP contribution in [0.2, 0.25) is 0 Å². The molecular formula is C16H21N3O2. The molecule has 2 rings (SSSR count). The second-order valence-electron chi connectivity index (χ2n) is 4.70. The van der Waals surface area contributed by atoms with Gasteiger partial charge in [0.1, 0.15) is 5.75 Å². The number of nitrogens with two attached hydrogens (primary N) is 1. The fourth-order valence-corrected chi connectivity index (χ4v) is 1.87. The van der Waals surface area contributed by atoms with E-state index in [-0.39, 0.29) is 0 Å². The highest BCUT2D eigenvalue weighted by Gasteiger charge is 2.01. The van der Waals surface area contributed by atoms with Crippen molar-refractivity contribution in [3.8, 4) is 11.6 Å². The lowest BCUT2D eigenvalue weighted by atomic mass is 10.2. The molecule has 5 heteroatoms. The van der Waals surface area contributed by atoms with Gasteiger partial charge in [-0.3, -0.25) is 0 Å². The highest BCUT2D eigenvalue weighted by atomic mass is 16.5. The first kappa shape index (κ1) is 15.0. The van der Waals surface area contributed by atoms with Gasteiger partial charge in [0.2, 0.25) is 5.88 Å². The molecule has 0 saturated carbocycles. The number of hydrogen-bond donors (Lipinski definition) is 2. The van der Waals surface area contributed by atoms with E-state index in [9.17, 15) is 0 Å². The van der Waals surface area contributed by atoms with E-state index in [1.165, 1.54) is 0 Å². The molecular weight excluding hydrogens is 266 g/mol. The molecule has 3 N–H and O–H groups in total. The number of nitrogens with zero attached hydrogens (tertiary/aromatic N) is 1. The van der Waals surface area contributed by atoms with Crippen LogP contribution in [0.4, 0.5) is 11.4 Å². The molecule has 0 atom stereocenters. The van der Waals surface area contributed by atoms with E-state index >= 15 is 0 Å². The minimum atomic E-state index is 0.609. The van der Waals surface area contributed by atoms with Crippen LogP contribution in [0, 0.1) is 0 Å². The summed E-state index contributed by atoms with van der Waals surface area (Å²) in [5, 5.41) is 3.32. The van der Waals surface area contributed by atoms with Gasteiger partial charge in [-0.05, 0) is 18.1 Å². The van der Waals surface area contributed by atoms with E-state index in [0.29, 0.717) is 24.7 Å². The third-order valence-electron chi connectivity index (χ3n) is 2.91. The summed E-state index contributed by atoms with van der Waals surface area (Å²) >= 11 is 0. The maximum atomic E-state index is 5.89.